The summed E-state index contributed by atoms with van der Waals surface area (Å²) in [7, 11) is 0. The standard InChI is InChI=1S/C22H28/c1-17-8-12-21(13-9-17)22-14-10-19(11-15-22)16-18(2)20-6-4-3-5-7-20/h3-9,12-13,18-19,22H,10-11,14-16H2,1-2H3/t18-,19?,22?/m1/s1. The van der Waals surface area contributed by atoms with Crippen LogP contribution >= 0.6 is 0 Å². The van der Waals surface area contributed by atoms with Gasteiger partial charge in [0.1, 0.15) is 0 Å². The molecule has 0 saturated heterocycles. The van der Waals surface area contributed by atoms with Gasteiger partial charge in [0.15, 0.2) is 0 Å². The molecular formula is C22H28. The molecule has 0 radical (unpaired) electrons. The Kier molecular flexibility index (Phi) is 4.97. The quantitative estimate of drug-likeness (QED) is 0.606. The van der Waals surface area contributed by atoms with E-state index in [1.165, 1.54) is 43.2 Å². The molecule has 0 N–H and O–H groups in total. The van der Waals surface area contributed by atoms with E-state index in [4.69, 9.17) is 0 Å². The van der Waals surface area contributed by atoms with Gasteiger partial charge in [-0.3, -0.25) is 0 Å². The van der Waals surface area contributed by atoms with Crippen molar-refractivity contribution in [3.63, 3.8) is 0 Å². The van der Waals surface area contributed by atoms with Crippen LogP contribution in [0.2, 0.25) is 0 Å². The van der Waals surface area contributed by atoms with E-state index in [1.54, 1.807) is 5.56 Å². The topological polar surface area (TPSA) is 0 Å². The van der Waals surface area contributed by atoms with E-state index in [9.17, 15) is 0 Å². The zero-order chi connectivity index (χ0) is 15.4. The van der Waals surface area contributed by atoms with Gasteiger partial charge >= 0.3 is 0 Å². The summed E-state index contributed by atoms with van der Waals surface area (Å²) in [4.78, 5) is 0. The van der Waals surface area contributed by atoms with Crippen molar-refractivity contribution in [1.29, 1.82) is 0 Å². The maximum Gasteiger partial charge on any atom is -0.0162 e. The first-order valence-corrected chi connectivity index (χ1v) is 8.84. The van der Waals surface area contributed by atoms with Crippen LogP contribution < -0.4 is 0 Å². The lowest BCUT2D eigenvalue weighted by Gasteiger charge is -2.30. The van der Waals surface area contributed by atoms with Crippen molar-refractivity contribution in [3.05, 3.63) is 71.3 Å². The summed E-state index contributed by atoms with van der Waals surface area (Å²) in [5.74, 6) is 2.41. The maximum absolute atomic E-state index is 2.39. The zero-order valence-corrected chi connectivity index (χ0v) is 14.0. The third kappa shape index (κ3) is 3.80. The summed E-state index contributed by atoms with van der Waals surface area (Å²) in [6.45, 7) is 4.56. The number of rotatable bonds is 4. The molecule has 0 aliphatic heterocycles. The van der Waals surface area contributed by atoms with Crippen LogP contribution in [0, 0.1) is 12.8 Å². The summed E-state index contributed by atoms with van der Waals surface area (Å²) in [5.41, 5.74) is 4.43. The van der Waals surface area contributed by atoms with Crippen molar-refractivity contribution in [3.8, 4) is 0 Å². The van der Waals surface area contributed by atoms with Crippen molar-refractivity contribution in [1.82, 2.24) is 0 Å². The van der Waals surface area contributed by atoms with E-state index >= 15 is 0 Å². The van der Waals surface area contributed by atoms with Gasteiger partial charge in [-0.1, -0.05) is 67.1 Å². The highest BCUT2D eigenvalue weighted by Gasteiger charge is 2.23. The molecule has 0 heterocycles. The largest absolute Gasteiger partial charge is 0.0622 e. The van der Waals surface area contributed by atoms with Gasteiger partial charge in [-0.15, -0.1) is 0 Å². The predicted octanol–water partition coefficient (Wildman–Crippen LogP) is 6.46. The van der Waals surface area contributed by atoms with Gasteiger partial charge in [0.05, 0.1) is 0 Å². The summed E-state index contributed by atoms with van der Waals surface area (Å²) in [6, 6.07) is 20.2. The van der Waals surface area contributed by atoms with Gasteiger partial charge in [0, 0.05) is 0 Å². The van der Waals surface area contributed by atoms with Crippen molar-refractivity contribution in [2.75, 3.05) is 0 Å². The first-order chi connectivity index (χ1) is 10.7. The Balaban J connectivity index is 1.52. The van der Waals surface area contributed by atoms with Crippen LogP contribution in [0.25, 0.3) is 0 Å². The minimum absolute atomic E-state index is 0.696. The van der Waals surface area contributed by atoms with Gasteiger partial charge in [0.25, 0.3) is 0 Å². The minimum atomic E-state index is 0.696. The van der Waals surface area contributed by atoms with E-state index < -0.39 is 0 Å². The minimum Gasteiger partial charge on any atom is -0.0622 e. The third-order valence-electron chi connectivity index (χ3n) is 5.45. The first kappa shape index (κ1) is 15.3. The van der Waals surface area contributed by atoms with Crippen LogP contribution in [0.4, 0.5) is 0 Å². The number of hydrogen-bond donors (Lipinski definition) is 0. The fourth-order valence-electron chi connectivity index (χ4n) is 3.99. The number of aryl methyl sites for hydroxylation is 1. The Morgan fingerprint density at radius 3 is 2.14 bits per heavy atom. The van der Waals surface area contributed by atoms with Crippen molar-refractivity contribution in [2.45, 2.75) is 57.8 Å². The molecule has 3 rings (SSSR count). The highest BCUT2D eigenvalue weighted by molar-refractivity contribution is 5.25. The lowest BCUT2D eigenvalue weighted by molar-refractivity contribution is 0.297. The summed E-state index contributed by atoms with van der Waals surface area (Å²) in [6.07, 6.45) is 6.89. The second-order valence-corrected chi connectivity index (χ2v) is 7.18. The predicted molar refractivity (Wildman–Crippen MR) is 95.4 cm³/mol. The maximum atomic E-state index is 2.39. The molecule has 0 nitrogen and oxygen atoms in total. The van der Waals surface area contributed by atoms with Crippen molar-refractivity contribution < 1.29 is 0 Å². The van der Waals surface area contributed by atoms with Crippen LogP contribution in [0.1, 0.15) is 67.6 Å². The molecular weight excluding hydrogens is 264 g/mol. The molecule has 0 spiro atoms. The second-order valence-electron chi connectivity index (χ2n) is 7.18. The average Bonchev–Trinajstić information content (AvgIpc) is 2.57. The molecule has 116 valence electrons. The number of hydrogen-bond acceptors (Lipinski definition) is 0. The second kappa shape index (κ2) is 7.13. The number of benzene rings is 2. The third-order valence-corrected chi connectivity index (χ3v) is 5.45. The van der Waals surface area contributed by atoms with Gasteiger partial charge < -0.3 is 0 Å². The first-order valence-electron chi connectivity index (χ1n) is 8.84. The summed E-state index contributed by atoms with van der Waals surface area (Å²) in [5, 5.41) is 0. The van der Waals surface area contributed by atoms with E-state index in [-0.39, 0.29) is 0 Å². The highest BCUT2D eigenvalue weighted by Crippen LogP contribution is 2.39. The molecule has 1 atom stereocenters. The average molecular weight is 292 g/mol. The van der Waals surface area contributed by atoms with Crippen LogP contribution in [0.5, 0.6) is 0 Å². The van der Waals surface area contributed by atoms with E-state index in [2.05, 4.69) is 68.4 Å². The van der Waals surface area contributed by atoms with E-state index in [0.29, 0.717) is 5.92 Å². The van der Waals surface area contributed by atoms with Crippen molar-refractivity contribution in [2.24, 2.45) is 5.92 Å². The van der Waals surface area contributed by atoms with Gasteiger partial charge in [-0.2, -0.15) is 0 Å². The smallest absolute Gasteiger partial charge is 0.0162 e. The SMILES string of the molecule is Cc1ccc(C2CCC(C[C@@H](C)c3ccccc3)CC2)cc1. The molecule has 0 amide bonds. The van der Waals surface area contributed by atoms with Gasteiger partial charge in [0.2, 0.25) is 0 Å². The van der Waals surface area contributed by atoms with Crippen LogP contribution in [0.15, 0.2) is 54.6 Å². The molecule has 0 bridgehead atoms. The lowest BCUT2D eigenvalue weighted by atomic mass is 9.75. The zero-order valence-electron chi connectivity index (χ0n) is 14.0. The lowest BCUT2D eigenvalue weighted by Crippen LogP contribution is -2.15. The Labute approximate surface area is 135 Å². The van der Waals surface area contributed by atoms with E-state index in [1.807, 2.05) is 0 Å². The van der Waals surface area contributed by atoms with Crippen LogP contribution in [-0.2, 0) is 0 Å². The van der Waals surface area contributed by atoms with Crippen LogP contribution in [0.3, 0.4) is 0 Å². The molecule has 1 saturated carbocycles. The summed E-state index contributed by atoms with van der Waals surface area (Å²) >= 11 is 0. The Bertz CT molecular complexity index is 559. The Hall–Kier alpha value is -1.56. The molecule has 0 unspecified atom stereocenters. The normalized spacial score (nSPS) is 23.2. The molecule has 1 fully saturated rings. The molecule has 1 aliphatic rings. The molecule has 0 aromatic heterocycles. The molecule has 2 aromatic carbocycles. The monoisotopic (exact) mass is 292 g/mol. The van der Waals surface area contributed by atoms with Crippen molar-refractivity contribution >= 4 is 0 Å². The highest BCUT2D eigenvalue weighted by atomic mass is 14.3. The van der Waals surface area contributed by atoms with Gasteiger partial charge in [-0.25, -0.2) is 0 Å². The molecule has 0 heteroatoms. The summed E-state index contributed by atoms with van der Waals surface area (Å²) < 4.78 is 0. The molecule has 22 heavy (non-hydrogen) atoms. The Morgan fingerprint density at radius 2 is 1.50 bits per heavy atom. The fraction of sp³-hybridized carbons (Fsp3) is 0.455. The molecule has 2 aromatic rings. The molecule has 1 aliphatic carbocycles. The van der Waals surface area contributed by atoms with E-state index in [0.717, 1.165) is 11.8 Å². The van der Waals surface area contributed by atoms with Crippen LogP contribution in [-0.4, -0.2) is 0 Å². The van der Waals surface area contributed by atoms with Gasteiger partial charge in [-0.05, 0) is 67.9 Å². The Morgan fingerprint density at radius 1 is 0.864 bits per heavy atom. The fourth-order valence-corrected chi connectivity index (χ4v) is 3.99.